The maximum absolute atomic E-state index is 12.9. The van der Waals surface area contributed by atoms with Gasteiger partial charge in [0.25, 0.3) is 5.69 Å². The topological polar surface area (TPSA) is 113 Å². The average molecular weight is 535 g/mol. The van der Waals surface area contributed by atoms with E-state index in [-0.39, 0.29) is 29.6 Å². The van der Waals surface area contributed by atoms with Crippen LogP contribution in [0.1, 0.15) is 12.8 Å². The Labute approximate surface area is 215 Å². The smallest absolute Gasteiger partial charge is 0.293 e. The van der Waals surface area contributed by atoms with E-state index in [1.807, 2.05) is 23.1 Å². The van der Waals surface area contributed by atoms with Crippen LogP contribution < -0.4 is 4.90 Å². The number of rotatable bonds is 9. The molecule has 0 saturated carbocycles. The number of amides is 1. The van der Waals surface area contributed by atoms with E-state index in [9.17, 15) is 23.3 Å². The van der Waals surface area contributed by atoms with E-state index in [0.29, 0.717) is 51.5 Å². The number of sulfonamides is 1. The Kier molecular flexibility index (Phi) is 8.83. The van der Waals surface area contributed by atoms with Crippen LogP contribution in [0.25, 0.3) is 0 Å². The molecular weight excluding hydrogens is 504 g/mol. The zero-order valence-electron chi connectivity index (χ0n) is 20.0. The summed E-state index contributed by atoms with van der Waals surface area (Å²) in [4.78, 5) is 28.7. The maximum atomic E-state index is 12.9. The highest BCUT2D eigenvalue weighted by molar-refractivity contribution is 7.99. The molecule has 0 aromatic heterocycles. The lowest BCUT2D eigenvalue weighted by Gasteiger charge is -2.36. The number of morpholine rings is 1. The Balaban J connectivity index is 1.34. The van der Waals surface area contributed by atoms with Crippen LogP contribution >= 0.6 is 11.8 Å². The third-order valence-corrected chi connectivity index (χ3v) is 9.26. The van der Waals surface area contributed by atoms with Gasteiger partial charge in [-0.15, -0.1) is 11.8 Å². The molecule has 1 amide bonds. The zero-order valence-corrected chi connectivity index (χ0v) is 21.6. The first-order chi connectivity index (χ1) is 17.4. The van der Waals surface area contributed by atoms with Gasteiger partial charge in [-0.1, -0.05) is 18.2 Å². The molecule has 4 rings (SSSR count). The molecule has 2 heterocycles. The minimum absolute atomic E-state index is 0.0877. The van der Waals surface area contributed by atoms with E-state index in [2.05, 4.69) is 12.1 Å². The number of carbonyl (C=O) groups excluding carboxylic acids is 1. The van der Waals surface area contributed by atoms with Gasteiger partial charge in [-0.05, 0) is 36.4 Å². The van der Waals surface area contributed by atoms with Crippen molar-refractivity contribution < 1.29 is 22.9 Å². The van der Waals surface area contributed by atoms with Gasteiger partial charge in [-0.25, -0.2) is 8.42 Å². The van der Waals surface area contributed by atoms with E-state index in [1.165, 1.54) is 21.3 Å². The van der Waals surface area contributed by atoms with Crippen LogP contribution in [0.15, 0.2) is 58.3 Å². The number of piperazine rings is 1. The highest BCUT2D eigenvalue weighted by Gasteiger charge is 2.31. The quantitative estimate of drug-likeness (QED) is 0.209. The molecule has 2 aliphatic rings. The summed E-state index contributed by atoms with van der Waals surface area (Å²) in [5.41, 5.74) is 0.120. The van der Waals surface area contributed by atoms with Gasteiger partial charge in [0, 0.05) is 56.7 Å². The molecule has 0 spiro atoms. The van der Waals surface area contributed by atoms with Crippen LogP contribution in [-0.2, 0) is 19.6 Å². The molecular formula is C24H30N4O6S2. The summed E-state index contributed by atoms with van der Waals surface area (Å²) in [6.07, 6.45) is 1.25. The molecule has 2 aliphatic heterocycles. The second kappa shape index (κ2) is 12.0. The van der Waals surface area contributed by atoms with Crippen LogP contribution in [0, 0.1) is 10.1 Å². The average Bonchev–Trinajstić information content (AvgIpc) is 2.92. The first-order valence-electron chi connectivity index (χ1n) is 11.9. The number of benzene rings is 2. The fourth-order valence-corrected chi connectivity index (χ4v) is 6.60. The summed E-state index contributed by atoms with van der Waals surface area (Å²) in [5.74, 6) is 0.950. The Hall–Kier alpha value is -2.67. The fourth-order valence-electron chi connectivity index (χ4n) is 4.30. The van der Waals surface area contributed by atoms with E-state index < -0.39 is 14.9 Å². The molecule has 10 nitrogen and oxygen atoms in total. The Morgan fingerprint density at radius 1 is 1.00 bits per heavy atom. The number of carbonyl (C=O) groups is 1. The molecule has 2 aromatic rings. The van der Waals surface area contributed by atoms with Crippen molar-refractivity contribution in [1.29, 1.82) is 0 Å². The van der Waals surface area contributed by atoms with Crippen LogP contribution in [0.3, 0.4) is 0 Å². The number of nitro benzene ring substituents is 1. The van der Waals surface area contributed by atoms with E-state index in [1.54, 1.807) is 16.7 Å². The third-order valence-electron chi connectivity index (χ3n) is 6.27. The Morgan fingerprint density at radius 3 is 2.36 bits per heavy atom. The van der Waals surface area contributed by atoms with Gasteiger partial charge in [0.2, 0.25) is 15.9 Å². The van der Waals surface area contributed by atoms with Crippen LogP contribution in [0.4, 0.5) is 11.4 Å². The molecule has 2 fully saturated rings. The normalized spacial score (nSPS) is 17.2. The largest absolute Gasteiger partial charge is 0.379 e. The minimum Gasteiger partial charge on any atom is -0.379 e. The van der Waals surface area contributed by atoms with Crippen LogP contribution in [0.5, 0.6) is 0 Å². The molecule has 0 aliphatic carbocycles. The molecule has 0 atom stereocenters. The van der Waals surface area contributed by atoms with Crippen molar-refractivity contribution in [3.05, 3.63) is 58.6 Å². The van der Waals surface area contributed by atoms with Gasteiger partial charge in [0.15, 0.2) is 0 Å². The summed E-state index contributed by atoms with van der Waals surface area (Å²) in [7, 11) is -3.84. The van der Waals surface area contributed by atoms with E-state index >= 15 is 0 Å². The van der Waals surface area contributed by atoms with Gasteiger partial charge in [-0.2, -0.15) is 4.31 Å². The van der Waals surface area contributed by atoms with Gasteiger partial charge in [-0.3, -0.25) is 14.9 Å². The molecule has 0 N–H and O–H groups in total. The van der Waals surface area contributed by atoms with Crippen molar-refractivity contribution in [1.82, 2.24) is 9.21 Å². The van der Waals surface area contributed by atoms with Crippen molar-refractivity contribution in [2.45, 2.75) is 22.6 Å². The van der Waals surface area contributed by atoms with Crippen molar-refractivity contribution >= 4 is 39.1 Å². The van der Waals surface area contributed by atoms with Crippen molar-refractivity contribution in [2.24, 2.45) is 0 Å². The standard InChI is InChI=1S/C24H30N4O6S2/c29-24(7-4-18-35-20-5-2-1-3-6-20)26-12-10-25(11-13-26)22-9-8-21(19-23(22)28(30)31)36(32,33)27-14-16-34-17-15-27/h1-3,5-6,8-9,19H,4,7,10-18H2. The molecule has 12 heteroatoms. The number of nitrogens with zero attached hydrogens (tertiary/aromatic N) is 4. The second-order valence-electron chi connectivity index (χ2n) is 8.56. The second-order valence-corrected chi connectivity index (χ2v) is 11.7. The summed E-state index contributed by atoms with van der Waals surface area (Å²) < 4.78 is 32.4. The fraction of sp³-hybridized carbons (Fsp3) is 0.458. The minimum atomic E-state index is -3.84. The molecule has 0 unspecified atom stereocenters. The van der Waals surface area contributed by atoms with Crippen molar-refractivity contribution in [3.8, 4) is 0 Å². The van der Waals surface area contributed by atoms with Crippen molar-refractivity contribution in [2.75, 3.05) is 63.1 Å². The maximum Gasteiger partial charge on any atom is 0.293 e. The van der Waals surface area contributed by atoms with Gasteiger partial charge >= 0.3 is 0 Å². The predicted octanol–water partition coefficient (Wildman–Crippen LogP) is 2.84. The highest BCUT2D eigenvalue weighted by Crippen LogP contribution is 2.33. The lowest BCUT2D eigenvalue weighted by molar-refractivity contribution is -0.384. The monoisotopic (exact) mass is 534 g/mol. The molecule has 194 valence electrons. The van der Waals surface area contributed by atoms with Gasteiger partial charge in [0.1, 0.15) is 5.69 Å². The summed E-state index contributed by atoms with van der Waals surface area (Å²) in [6, 6.07) is 14.1. The lowest BCUT2D eigenvalue weighted by Crippen LogP contribution is -2.49. The van der Waals surface area contributed by atoms with E-state index in [4.69, 9.17) is 4.74 Å². The number of anilines is 1. The van der Waals surface area contributed by atoms with Crippen LogP contribution in [-0.4, -0.2) is 86.7 Å². The molecule has 36 heavy (non-hydrogen) atoms. The molecule has 2 aromatic carbocycles. The zero-order chi connectivity index (χ0) is 25.5. The van der Waals surface area contributed by atoms with Gasteiger partial charge < -0.3 is 14.5 Å². The van der Waals surface area contributed by atoms with Crippen LogP contribution in [0.2, 0.25) is 0 Å². The molecule has 2 saturated heterocycles. The SMILES string of the molecule is O=C(CCCSc1ccccc1)N1CCN(c2ccc(S(=O)(=O)N3CCOCC3)cc2[N+](=O)[O-])CC1. The first-order valence-corrected chi connectivity index (χ1v) is 14.4. The number of thioether (sulfide) groups is 1. The molecule has 0 bridgehead atoms. The highest BCUT2D eigenvalue weighted by atomic mass is 32.2. The predicted molar refractivity (Wildman–Crippen MR) is 138 cm³/mol. The number of hydrogen-bond donors (Lipinski definition) is 0. The lowest BCUT2D eigenvalue weighted by atomic mass is 10.2. The molecule has 0 radical (unpaired) electrons. The summed E-state index contributed by atoms with van der Waals surface area (Å²) in [5, 5.41) is 11.8. The summed E-state index contributed by atoms with van der Waals surface area (Å²) >= 11 is 1.73. The number of ether oxygens (including phenoxy) is 1. The van der Waals surface area contributed by atoms with Gasteiger partial charge in [0.05, 0.1) is 23.0 Å². The number of hydrogen-bond acceptors (Lipinski definition) is 8. The van der Waals surface area contributed by atoms with Crippen molar-refractivity contribution in [3.63, 3.8) is 0 Å². The summed E-state index contributed by atoms with van der Waals surface area (Å²) in [6.45, 7) is 2.87. The Bertz CT molecular complexity index is 1160. The number of nitro groups is 1. The third kappa shape index (κ3) is 6.36. The van der Waals surface area contributed by atoms with E-state index in [0.717, 1.165) is 18.2 Å². The first kappa shape index (κ1) is 26.4. The Morgan fingerprint density at radius 2 is 1.69 bits per heavy atom.